The van der Waals surface area contributed by atoms with Crippen LogP contribution >= 0.6 is 0 Å². The molecule has 1 heterocycles. The summed E-state index contributed by atoms with van der Waals surface area (Å²) in [6.07, 6.45) is 3.54. The lowest BCUT2D eigenvalue weighted by Gasteiger charge is -2.39. The molecule has 1 fully saturated rings. The number of nitrogens with one attached hydrogen (secondary N) is 1. The van der Waals surface area contributed by atoms with E-state index < -0.39 is 10.3 Å². The van der Waals surface area contributed by atoms with Crippen molar-refractivity contribution in [3.8, 4) is 0 Å². The van der Waals surface area contributed by atoms with Crippen LogP contribution in [0.3, 0.4) is 0 Å². The van der Waals surface area contributed by atoms with E-state index in [-0.39, 0.29) is 22.4 Å². The largest absolute Gasteiger partial charge is 0.355 e. The normalized spacial score (nSPS) is 27.0. The first-order chi connectivity index (χ1) is 13.2. The molecule has 2 atom stereocenters. The number of nitro groups is 1. The number of amides is 1. The van der Waals surface area contributed by atoms with Crippen molar-refractivity contribution in [1.29, 1.82) is 0 Å². The fourth-order valence-electron chi connectivity index (χ4n) is 5.24. The van der Waals surface area contributed by atoms with E-state index in [4.69, 9.17) is 9.97 Å². The van der Waals surface area contributed by atoms with E-state index in [9.17, 15) is 14.9 Å². The summed E-state index contributed by atoms with van der Waals surface area (Å²) < 4.78 is 0. The fourth-order valence-corrected chi connectivity index (χ4v) is 5.24. The van der Waals surface area contributed by atoms with Gasteiger partial charge in [-0.1, -0.05) is 34.1 Å². The molecule has 4 rings (SSSR count). The number of non-ortho nitro benzene ring substituents is 1. The standard InChI is InChI=1S/C21H26N4O3/c1-5-6-11-22-18(26)21-10-9-20(4,19(21,2)3)16-17(21)24-15-12-13(25(27)28)7-8-14(15)23-16/h7-8,12H,5-6,9-11H2,1-4H3,(H,22,26). The van der Waals surface area contributed by atoms with Crippen molar-refractivity contribution in [2.45, 2.75) is 64.2 Å². The first kappa shape index (κ1) is 18.8. The zero-order chi connectivity index (χ0) is 20.3. The lowest BCUT2D eigenvalue weighted by molar-refractivity contribution is -0.384. The summed E-state index contributed by atoms with van der Waals surface area (Å²) in [6.45, 7) is 9.18. The van der Waals surface area contributed by atoms with Gasteiger partial charge in [0.05, 0.1) is 32.8 Å². The molecule has 28 heavy (non-hydrogen) atoms. The topological polar surface area (TPSA) is 98.0 Å². The van der Waals surface area contributed by atoms with Crippen LogP contribution in [0, 0.1) is 15.5 Å². The third-order valence-electron chi connectivity index (χ3n) is 7.44. The van der Waals surface area contributed by atoms with Crippen molar-refractivity contribution < 1.29 is 9.72 Å². The molecule has 2 bridgehead atoms. The minimum absolute atomic E-state index is 0.00695. The number of nitro benzene ring substituents is 1. The maximum absolute atomic E-state index is 13.4. The number of hydrogen-bond donors (Lipinski definition) is 1. The summed E-state index contributed by atoms with van der Waals surface area (Å²) in [4.78, 5) is 33.9. The second-order valence-corrected chi connectivity index (χ2v) is 8.82. The molecule has 0 spiro atoms. The Morgan fingerprint density at radius 1 is 1.18 bits per heavy atom. The van der Waals surface area contributed by atoms with Gasteiger partial charge in [0.15, 0.2) is 0 Å². The van der Waals surface area contributed by atoms with Crippen LogP contribution in [0.5, 0.6) is 0 Å². The van der Waals surface area contributed by atoms with Crippen molar-refractivity contribution in [3.63, 3.8) is 0 Å². The Morgan fingerprint density at radius 2 is 1.89 bits per heavy atom. The number of carbonyl (C=O) groups is 1. The zero-order valence-electron chi connectivity index (χ0n) is 16.8. The molecule has 1 aromatic carbocycles. The van der Waals surface area contributed by atoms with Crippen LogP contribution in [0.1, 0.15) is 64.8 Å². The van der Waals surface area contributed by atoms with Crippen LogP contribution in [0.2, 0.25) is 0 Å². The quantitative estimate of drug-likeness (QED) is 0.482. The van der Waals surface area contributed by atoms with Gasteiger partial charge in [-0.2, -0.15) is 0 Å². The second kappa shape index (κ2) is 5.96. The molecule has 2 aliphatic carbocycles. The minimum Gasteiger partial charge on any atom is -0.355 e. The number of unbranched alkanes of at least 4 members (excludes halogenated alkanes) is 1. The Hall–Kier alpha value is -2.57. The monoisotopic (exact) mass is 382 g/mol. The first-order valence-electron chi connectivity index (χ1n) is 9.94. The van der Waals surface area contributed by atoms with Crippen LogP contribution in [0.15, 0.2) is 18.2 Å². The van der Waals surface area contributed by atoms with Crippen LogP contribution < -0.4 is 5.32 Å². The number of nitrogens with zero attached hydrogens (tertiary/aromatic N) is 3. The van der Waals surface area contributed by atoms with E-state index in [2.05, 4.69) is 33.0 Å². The molecule has 148 valence electrons. The van der Waals surface area contributed by atoms with Crippen LogP contribution in [-0.2, 0) is 15.6 Å². The Morgan fingerprint density at radius 3 is 2.57 bits per heavy atom. The highest BCUT2D eigenvalue weighted by Crippen LogP contribution is 2.70. The highest BCUT2D eigenvalue weighted by atomic mass is 16.6. The highest BCUT2D eigenvalue weighted by Gasteiger charge is 2.73. The van der Waals surface area contributed by atoms with Gasteiger partial charge in [-0.05, 0) is 30.7 Å². The van der Waals surface area contributed by atoms with Crippen molar-refractivity contribution in [3.05, 3.63) is 39.7 Å². The lowest BCUT2D eigenvalue weighted by atomic mass is 9.63. The molecule has 7 nitrogen and oxygen atoms in total. The minimum atomic E-state index is -0.753. The maximum atomic E-state index is 13.4. The van der Waals surface area contributed by atoms with Gasteiger partial charge in [-0.3, -0.25) is 14.9 Å². The van der Waals surface area contributed by atoms with Gasteiger partial charge in [0.2, 0.25) is 5.91 Å². The van der Waals surface area contributed by atoms with Crippen molar-refractivity contribution in [1.82, 2.24) is 15.3 Å². The Bertz CT molecular complexity index is 1000. The third-order valence-corrected chi connectivity index (χ3v) is 7.44. The predicted molar refractivity (Wildman–Crippen MR) is 106 cm³/mol. The third kappa shape index (κ3) is 2.13. The molecule has 1 aromatic heterocycles. The average molecular weight is 382 g/mol. The summed E-state index contributed by atoms with van der Waals surface area (Å²) in [5, 5.41) is 14.3. The van der Waals surface area contributed by atoms with Crippen molar-refractivity contribution in [2.75, 3.05) is 6.54 Å². The molecule has 7 heteroatoms. The summed E-state index contributed by atoms with van der Waals surface area (Å²) in [6, 6.07) is 4.56. The lowest BCUT2D eigenvalue weighted by Crippen LogP contribution is -2.51. The van der Waals surface area contributed by atoms with Crippen LogP contribution in [-0.4, -0.2) is 27.3 Å². The number of rotatable bonds is 5. The summed E-state index contributed by atoms with van der Waals surface area (Å²) >= 11 is 0. The second-order valence-electron chi connectivity index (χ2n) is 8.82. The molecule has 1 saturated carbocycles. The van der Waals surface area contributed by atoms with Crippen LogP contribution in [0.25, 0.3) is 11.0 Å². The van der Waals surface area contributed by atoms with Crippen molar-refractivity contribution in [2.24, 2.45) is 5.41 Å². The van der Waals surface area contributed by atoms with E-state index in [1.807, 2.05) is 0 Å². The SMILES string of the molecule is CCCCNC(=O)C12CCC(C)(c3nc4ccc([N+](=O)[O-])cc4nc31)C2(C)C. The summed E-state index contributed by atoms with van der Waals surface area (Å²) in [7, 11) is 0. The van der Waals surface area contributed by atoms with Gasteiger partial charge in [0, 0.05) is 24.1 Å². The Balaban J connectivity index is 1.91. The molecular formula is C21H26N4O3. The highest BCUT2D eigenvalue weighted by molar-refractivity contribution is 5.93. The van der Waals surface area contributed by atoms with E-state index in [0.29, 0.717) is 23.3 Å². The van der Waals surface area contributed by atoms with Gasteiger partial charge in [-0.25, -0.2) is 9.97 Å². The number of fused-ring (bicyclic) bond motifs is 6. The molecular weight excluding hydrogens is 356 g/mol. The molecule has 0 aliphatic heterocycles. The van der Waals surface area contributed by atoms with Gasteiger partial charge < -0.3 is 5.32 Å². The van der Waals surface area contributed by atoms with E-state index in [0.717, 1.165) is 31.4 Å². The molecule has 2 aliphatic rings. The summed E-state index contributed by atoms with van der Waals surface area (Å²) in [5.41, 5.74) is 1.31. The smallest absolute Gasteiger partial charge is 0.271 e. The molecule has 2 aromatic rings. The fraction of sp³-hybridized carbons (Fsp3) is 0.571. The van der Waals surface area contributed by atoms with Gasteiger partial charge >= 0.3 is 0 Å². The molecule has 2 unspecified atom stereocenters. The molecule has 1 amide bonds. The number of hydrogen-bond acceptors (Lipinski definition) is 5. The van der Waals surface area contributed by atoms with E-state index in [1.54, 1.807) is 6.07 Å². The van der Waals surface area contributed by atoms with Crippen molar-refractivity contribution >= 4 is 22.6 Å². The molecule has 1 N–H and O–H groups in total. The molecule has 0 radical (unpaired) electrons. The van der Waals surface area contributed by atoms with E-state index in [1.165, 1.54) is 12.1 Å². The number of carbonyl (C=O) groups excluding carboxylic acids is 1. The Kier molecular flexibility index (Phi) is 4.00. The first-order valence-corrected chi connectivity index (χ1v) is 9.94. The van der Waals surface area contributed by atoms with Gasteiger partial charge in [0.25, 0.3) is 5.69 Å². The Labute approximate surface area is 164 Å². The summed E-state index contributed by atoms with van der Waals surface area (Å²) in [5.74, 6) is 0.00695. The van der Waals surface area contributed by atoms with Crippen LogP contribution in [0.4, 0.5) is 5.69 Å². The molecule has 0 saturated heterocycles. The number of aromatic nitrogens is 2. The maximum Gasteiger partial charge on any atom is 0.271 e. The number of benzene rings is 1. The predicted octanol–water partition coefficient (Wildman–Crippen LogP) is 3.78. The van der Waals surface area contributed by atoms with E-state index >= 15 is 0 Å². The van der Waals surface area contributed by atoms with Gasteiger partial charge in [-0.15, -0.1) is 0 Å². The zero-order valence-corrected chi connectivity index (χ0v) is 16.8. The average Bonchev–Trinajstić information content (AvgIpc) is 2.95. The van der Waals surface area contributed by atoms with Gasteiger partial charge in [0.1, 0.15) is 0 Å².